The third-order valence-corrected chi connectivity index (χ3v) is 3.26. The summed E-state index contributed by atoms with van der Waals surface area (Å²) in [6, 6.07) is 15.7. The number of carbonyl (C=O) groups excluding carboxylic acids is 1. The average Bonchev–Trinajstić information content (AvgIpc) is 3.00. The van der Waals surface area contributed by atoms with Crippen molar-refractivity contribution in [1.29, 1.82) is 0 Å². The van der Waals surface area contributed by atoms with Gasteiger partial charge >= 0.3 is 0 Å². The first-order valence-electron chi connectivity index (χ1n) is 7.51. The number of hydrogen-bond donors (Lipinski definition) is 2. The van der Waals surface area contributed by atoms with Crippen molar-refractivity contribution in [3.8, 4) is 0 Å². The second-order valence-electron chi connectivity index (χ2n) is 4.79. The molecule has 1 aromatic heterocycles. The van der Waals surface area contributed by atoms with E-state index in [1.165, 1.54) is 5.56 Å². The van der Waals surface area contributed by atoms with Gasteiger partial charge in [-0.3, -0.25) is 9.89 Å². The third-order valence-electron chi connectivity index (χ3n) is 3.26. The molecule has 4 nitrogen and oxygen atoms in total. The number of benzene rings is 2. The van der Waals surface area contributed by atoms with Crippen molar-refractivity contribution in [3.05, 3.63) is 65.4 Å². The highest BCUT2D eigenvalue weighted by Crippen LogP contribution is 2.15. The zero-order valence-electron chi connectivity index (χ0n) is 13.2. The lowest BCUT2D eigenvalue weighted by Gasteiger charge is -2.04. The van der Waals surface area contributed by atoms with Crippen LogP contribution in [0.2, 0.25) is 0 Å². The van der Waals surface area contributed by atoms with Gasteiger partial charge in [0.25, 0.3) is 5.91 Å². The van der Waals surface area contributed by atoms with Gasteiger partial charge in [-0.25, -0.2) is 0 Å². The van der Waals surface area contributed by atoms with Crippen LogP contribution < -0.4 is 5.32 Å². The Labute approximate surface area is 130 Å². The summed E-state index contributed by atoms with van der Waals surface area (Å²) >= 11 is 0. The summed E-state index contributed by atoms with van der Waals surface area (Å²) in [6.45, 7) is 6.54. The minimum Gasteiger partial charge on any atom is -0.347 e. The van der Waals surface area contributed by atoms with Gasteiger partial charge in [0.15, 0.2) is 5.69 Å². The lowest BCUT2D eigenvalue weighted by molar-refractivity contribution is 0.0947. The van der Waals surface area contributed by atoms with Crippen molar-refractivity contribution in [2.24, 2.45) is 0 Å². The standard InChI is InChI=1S/C16H15N3O.C2H6/c1-11-6-8-12(9-7-11)10-17-16(20)15-13-4-2-3-5-14(13)18-19-15;1-2/h2-9H,10H2,1H3,(H,17,20)(H,18,19);1-2H3. The van der Waals surface area contributed by atoms with E-state index in [9.17, 15) is 4.79 Å². The first-order valence-corrected chi connectivity index (χ1v) is 7.51. The molecule has 2 aromatic carbocycles. The lowest BCUT2D eigenvalue weighted by Crippen LogP contribution is -2.23. The highest BCUT2D eigenvalue weighted by Gasteiger charge is 2.12. The number of rotatable bonds is 3. The van der Waals surface area contributed by atoms with Crippen LogP contribution in [0.4, 0.5) is 0 Å². The fourth-order valence-electron chi connectivity index (χ4n) is 2.11. The van der Waals surface area contributed by atoms with Crippen LogP contribution in [0.3, 0.4) is 0 Å². The average molecular weight is 295 g/mol. The molecule has 1 heterocycles. The van der Waals surface area contributed by atoms with Crippen LogP contribution in [0.1, 0.15) is 35.5 Å². The Morgan fingerprint density at radius 2 is 1.77 bits per heavy atom. The van der Waals surface area contributed by atoms with Gasteiger partial charge < -0.3 is 5.32 Å². The van der Waals surface area contributed by atoms with E-state index in [2.05, 4.69) is 15.5 Å². The molecule has 2 N–H and O–H groups in total. The second kappa shape index (κ2) is 7.41. The molecule has 0 atom stereocenters. The molecule has 3 rings (SSSR count). The summed E-state index contributed by atoms with van der Waals surface area (Å²) in [6.07, 6.45) is 0. The van der Waals surface area contributed by atoms with Gasteiger partial charge in [0.05, 0.1) is 5.52 Å². The molecule has 0 saturated heterocycles. The minimum absolute atomic E-state index is 0.164. The fourth-order valence-corrected chi connectivity index (χ4v) is 2.11. The maximum Gasteiger partial charge on any atom is 0.272 e. The molecule has 22 heavy (non-hydrogen) atoms. The zero-order chi connectivity index (χ0) is 15.9. The molecular weight excluding hydrogens is 274 g/mol. The number of carbonyl (C=O) groups is 1. The van der Waals surface area contributed by atoms with E-state index in [-0.39, 0.29) is 5.91 Å². The highest BCUT2D eigenvalue weighted by molar-refractivity contribution is 6.04. The topological polar surface area (TPSA) is 57.8 Å². The molecule has 0 aliphatic rings. The number of aromatic amines is 1. The largest absolute Gasteiger partial charge is 0.347 e. The predicted octanol–water partition coefficient (Wildman–Crippen LogP) is 3.83. The van der Waals surface area contributed by atoms with E-state index in [4.69, 9.17) is 0 Å². The Kier molecular flexibility index (Phi) is 5.31. The maximum absolute atomic E-state index is 12.2. The summed E-state index contributed by atoms with van der Waals surface area (Å²) in [5, 5.41) is 10.7. The molecule has 4 heteroatoms. The first-order chi connectivity index (χ1) is 10.7. The quantitative estimate of drug-likeness (QED) is 0.771. The molecule has 114 valence electrons. The SMILES string of the molecule is CC.Cc1ccc(CNC(=O)c2n[nH]c3ccccc23)cc1. The van der Waals surface area contributed by atoms with Crippen LogP contribution in [-0.2, 0) is 6.54 Å². The van der Waals surface area contributed by atoms with Crippen LogP contribution in [-0.4, -0.2) is 16.1 Å². The molecule has 0 radical (unpaired) electrons. The number of fused-ring (bicyclic) bond motifs is 1. The van der Waals surface area contributed by atoms with Crippen LogP contribution in [0.25, 0.3) is 10.9 Å². The number of hydrogen-bond acceptors (Lipinski definition) is 2. The fraction of sp³-hybridized carbons (Fsp3) is 0.222. The number of aryl methyl sites for hydroxylation is 1. The zero-order valence-corrected chi connectivity index (χ0v) is 13.2. The van der Waals surface area contributed by atoms with E-state index < -0.39 is 0 Å². The Balaban J connectivity index is 0.000000847. The summed E-state index contributed by atoms with van der Waals surface area (Å²) in [5.74, 6) is -0.164. The Hall–Kier alpha value is -2.62. The van der Waals surface area contributed by atoms with Gasteiger partial charge in [0, 0.05) is 11.9 Å². The normalized spacial score (nSPS) is 9.95. The monoisotopic (exact) mass is 295 g/mol. The molecule has 0 aliphatic heterocycles. The number of aromatic nitrogens is 2. The molecule has 0 bridgehead atoms. The van der Waals surface area contributed by atoms with E-state index in [0.717, 1.165) is 16.5 Å². The van der Waals surface area contributed by atoms with Crippen molar-refractivity contribution in [1.82, 2.24) is 15.5 Å². The first kappa shape index (κ1) is 15.8. The molecular formula is C18H21N3O. The van der Waals surface area contributed by atoms with Crippen molar-refractivity contribution in [3.63, 3.8) is 0 Å². The van der Waals surface area contributed by atoms with Gasteiger partial charge in [0.2, 0.25) is 0 Å². The van der Waals surface area contributed by atoms with Gasteiger partial charge in [0.1, 0.15) is 0 Å². The van der Waals surface area contributed by atoms with E-state index in [1.807, 2.05) is 69.3 Å². The van der Waals surface area contributed by atoms with Crippen molar-refractivity contribution in [2.45, 2.75) is 27.3 Å². The smallest absolute Gasteiger partial charge is 0.272 e. The molecule has 0 spiro atoms. The third kappa shape index (κ3) is 3.52. The lowest BCUT2D eigenvalue weighted by atomic mass is 10.1. The maximum atomic E-state index is 12.2. The van der Waals surface area contributed by atoms with Gasteiger partial charge in [-0.1, -0.05) is 61.9 Å². The molecule has 1 amide bonds. The van der Waals surface area contributed by atoms with E-state index in [1.54, 1.807) is 0 Å². The van der Waals surface area contributed by atoms with E-state index >= 15 is 0 Å². The summed E-state index contributed by atoms with van der Waals surface area (Å²) in [7, 11) is 0. The van der Waals surface area contributed by atoms with Crippen LogP contribution in [0.15, 0.2) is 48.5 Å². The van der Waals surface area contributed by atoms with Crippen molar-refractivity contribution in [2.75, 3.05) is 0 Å². The summed E-state index contributed by atoms with van der Waals surface area (Å²) < 4.78 is 0. The molecule has 0 saturated carbocycles. The highest BCUT2D eigenvalue weighted by atomic mass is 16.1. The number of para-hydroxylation sites is 1. The van der Waals surface area contributed by atoms with Gasteiger partial charge in [-0.2, -0.15) is 5.10 Å². The van der Waals surface area contributed by atoms with Crippen LogP contribution >= 0.6 is 0 Å². The van der Waals surface area contributed by atoms with Gasteiger partial charge in [-0.05, 0) is 18.6 Å². The number of nitrogens with one attached hydrogen (secondary N) is 2. The molecule has 3 aromatic rings. The Morgan fingerprint density at radius 3 is 2.50 bits per heavy atom. The van der Waals surface area contributed by atoms with Gasteiger partial charge in [-0.15, -0.1) is 0 Å². The Bertz CT molecular complexity index is 744. The van der Waals surface area contributed by atoms with Crippen LogP contribution in [0.5, 0.6) is 0 Å². The molecule has 0 unspecified atom stereocenters. The summed E-state index contributed by atoms with van der Waals surface area (Å²) in [4.78, 5) is 12.2. The van der Waals surface area contributed by atoms with Crippen LogP contribution in [0, 0.1) is 6.92 Å². The molecule has 0 aliphatic carbocycles. The van der Waals surface area contributed by atoms with E-state index in [0.29, 0.717) is 12.2 Å². The summed E-state index contributed by atoms with van der Waals surface area (Å²) in [5.41, 5.74) is 3.59. The van der Waals surface area contributed by atoms with Crippen molar-refractivity contribution >= 4 is 16.8 Å². The van der Waals surface area contributed by atoms with Crippen molar-refractivity contribution < 1.29 is 4.79 Å². The minimum atomic E-state index is -0.164. The molecule has 0 fully saturated rings. The Morgan fingerprint density at radius 1 is 1.09 bits per heavy atom. The predicted molar refractivity (Wildman–Crippen MR) is 89.8 cm³/mol. The number of nitrogens with zero attached hydrogens (tertiary/aromatic N) is 1. The number of amides is 1. The second-order valence-corrected chi connectivity index (χ2v) is 4.79. The number of H-pyrrole nitrogens is 1.